The van der Waals surface area contributed by atoms with Crippen LogP contribution in [0.3, 0.4) is 0 Å². The van der Waals surface area contributed by atoms with Gasteiger partial charge in [0.15, 0.2) is 0 Å². The number of carbonyl (C=O) groups excluding carboxylic acids is 1. The smallest absolute Gasteiger partial charge is 0.286 e. The standard InChI is InChI=1S/C27H20N2O3S/c1-33(31,26-10-6-3-7-11-26)29-27(30)23-18-22(19-28-20-23)13-12-21-14-16-25(17-15-21)32-24-8-4-2-5-9-24/h2-11,14-20H,1H3/t33-/m0/s1. The van der Waals surface area contributed by atoms with Crippen molar-refractivity contribution in [3.63, 3.8) is 0 Å². The van der Waals surface area contributed by atoms with Gasteiger partial charge in [-0.25, -0.2) is 4.21 Å². The number of ether oxygens (including phenoxy) is 1. The summed E-state index contributed by atoms with van der Waals surface area (Å²) in [4.78, 5) is 17.2. The van der Waals surface area contributed by atoms with Gasteiger partial charge in [0, 0.05) is 34.7 Å². The zero-order valence-electron chi connectivity index (χ0n) is 17.8. The molecule has 0 radical (unpaired) electrons. The second-order valence-corrected chi connectivity index (χ2v) is 9.42. The number of amides is 1. The number of aromatic nitrogens is 1. The zero-order valence-corrected chi connectivity index (χ0v) is 18.7. The Balaban J connectivity index is 1.49. The normalized spacial score (nSPS) is 12.0. The molecule has 0 fully saturated rings. The van der Waals surface area contributed by atoms with Crippen molar-refractivity contribution in [2.75, 3.05) is 6.26 Å². The fourth-order valence-corrected chi connectivity index (χ4v) is 4.13. The number of hydrogen-bond donors (Lipinski definition) is 0. The maximum absolute atomic E-state index is 12.9. The lowest BCUT2D eigenvalue weighted by molar-refractivity contribution is 0.100. The summed E-state index contributed by atoms with van der Waals surface area (Å²) >= 11 is 0. The van der Waals surface area contributed by atoms with Gasteiger partial charge in [0.05, 0.1) is 15.3 Å². The summed E-state index contributed by atoms with van der Waals surface area (Å²) in [5.41, 5.74) is 1.58. The minimum Gasteiger partial charge on any atom is -0.457 e. The van der Waals surface area contributed by atoms with Gasteiger partial charge in [-0.05, 0) is 54.6 Å². The van der Waals surface area contributed by atoms with Crippen molar-refractivity contribution in [2.24, 2.45) is 4.36 Å². The summed E-state index contributed by atoms with van der Waals surface area (Å²) in [6.45, 7) is 0. The van der Waals surface area contributed by atoms with E-state index in [4.69, 9.17) is 4.74 Å². The van der Waals surface area contributed by atoms with Gasteiger partial charge < -0.3 is 4.74 Å². The lowest BCUT2D eigenvalue weighted by Gasteiger charge is -2.04. The Kier molecular flexibility index (Phi) is 6.63. The van der Waals surface area contributed by atoms with Crippen molar-refractivity contribution in [2.45, 2.75) is 4.90 Å². The van der Waals surface area contributed by atoms with Crippen LogP contribution in [0.4, 0.5) is 0 Å². The fourth-order valence-electron chi connectivity index (χ4n) is 2.94. The van der Waals surface area contributed by atoms with E-state index in [9.17, 15) is 9.00 Å². The number of rotatable bonds is 4. The first-order valence-electron chi connectivity index (χ1n) is 10.1. The first-order chi connectivity index (χ1) is 16.0. The number of pyridine rings is 1. The maximum atomic E-state index is 12.9. The van der Waals surface area contributed by atoms with E-state index in [1.54, 1.807) is 36.5 Å². The number of benzene rings is 3. The highest BCUT2D eigenvalue weighted by Gasteiger charge is 2.11. The summed E-state index contributed by atoms with van der Waals surface area (Å²) in [6.07, 6.45) is 4.41. The molecule has 3 aromatic carbocycles. The van der Waals surface area contributed by atoms with Gasteiger partial charge in [0.1, 0.15) is 11.5 Å². The molecule has 0 saturated carbocycles. The lowest BCUT2D eigenvalue weighted by Crippen LogP contribution is -2.04. The van der Waals surface area contributed by atoms with Crippen LogP contribution in [0.2, 0.25) is 0 Å². The minimum absolute atomic E-state index is 0.235. The first kappa shape index (κ1) is 22.0. The first-order valence-corrected chi connectivity index (χ1v) is 12.0. The van der Waals surface area contributed by atoms with Crippen molar-refractivity contribution in [1.82, 2.24) is 4.98 Å². The average Bonchev–Trinajstić information content (AvgIpc) is 2.85. The summed E-state index contributed by atoms with van der Waals surface area (Å²) in [7, 11) is -2.85. The molecule has 0 N–H and O–H groups in total. The molecular formula is C27H20N2O3S. The largest absolute Gasteiger partial charge is 0.457 e. The molecule has 1 atom stereocenters. The van der Waals surface area contributed by atoms with Crippen LogP contribution in [0, 0.1) is 11.8 Å². The van der Waals surface area contributed by atoms with Crippen molar-refractivity contribution in [3.05, 3.63) is 120 Å². The third-order valence-corrected chi connectivity index (χ3v) is 6.27. The molecule has 162 valence electrons. The van der Waals surface area contributed by atoms with Crippen LogP contribution < -0.4 is 4.74 Å². The molecule has 5 nitrogen and oxygen atoms in total. The predicted molar refractivity (Wildman–Crippen MR) is 129 cm³/mol. The van der Waals surface area contributed by atoms with Crippen LogP contribution in [0.5, 0.6) is 11.5 Å². The second-order valence-electron chi connectivity index (χ2n) is 7.16. The van der Waals surface area contributed by atoms with E-state index < -0.39 is 15.6 Å². The Morgan fingerprint density at radius 1 is 0.818 bits per heavy atom. The molecular weight excluding hydrogens is 432 g/mol. The van der Waals surface area contributed by atoms with Gasteiger partial charge in [-0.2, -0.15) is 4.36 Å². The quantitative estimate of drug-likeness (QED) is 0.380. The van der Waals surface area contributed by atoms with Gasteiger partial charge in [-0.15, -0.1) is 0 Å². The number of para-hydroxylation sites is 1. The van der Waals surface area contributed by atoms with Crippen molar-refractivity contribution >= 4 is 15.6 Å². The lowest BCUT2D eigenvalue weighted by atomic mass is 10.1. The van der Waals surface area contributed by atoms with E-state index in [1.807, 2.05) is 60.7 Å². The molecule has 0 spiro atoms. The molecule has 1 aromatic heterocycles. The minimum atomic E-state index is -2.85. The maximum Gasteiger partial charge on any atom is 0.286 e. The molecule has 33 heavy (non-hydrogen) atoms. The van der Waals surface area contributed by atoms with Crippen LogP contribution >= 0.6 is 0 Å². The molecule has 1 heterocycles. The van der Waals surface area contributed by atoms with E-state index in [0.29, 0.717) is 16.2 Å². The SMILES string of the molecule is C[S@@](=O)(=NC(=O)c1cncc(C#Cc2ccc(Oc3ccccc3)cc2)c1)c1ccccc1. The van der Waals surface area contributed by atoms with E-state index in [-0.39, 0.29) is 5.56 Å². The Hall–Kier alpha value is -4.21. The van der Waals surface area contributed by atoms with Crippen LogP contribution in [0.25, 0.3) is 0 Å². The Morgan fingerprint density at radius 3 is 2.12 bits per heavy atom. The van der Waals surface area contributed by atoms with Crippen LogP contribution in [0.1, 0.15) is 21.5 Å². The summed E-state index contributed by atoms with van der Waals surface area (Å²) in [5, 5.41) is 0. The van der Waals surface area contributed by atoms with Crippen LogP contribution in [-0.4, -0.2) is 21.4 Å². The topological polar surface area (TPSA) is 68.6 Å². The fraction of sp³-hybridized carbons (Fsp3) is 0.0370. The highest BCUT2D eigenvalue weighted by atomic mass is 32.2. The molecule has 0 aliphatic rings. The molecule has 0 aliphatic carbocycles. The molecule has 1 amide bonds. The molecule has 4 aromatic rings. The van der Waals surface area contributed by atoms with E-state index in [1.165, 1.54) is 12.5 Å². The van der Waals surface area contributed by atoms with E-state index >= 15 is 0 Å². The third-order valence-electron chi connectivity index (χ3n) is 4.61. The van der Waals surface area contributed by atoms with E-state index in [0.717, 1.165) is 11.3 Å². The second kappa shape index (κ2) is 9.94. The van der Waals surface area contributed by atoms with Crippen molar-refractivity contribution in [1.29, 1.82) is 0 Å². The number of hydrogen-bond acceptors (Lipinski definition) is 4. The summed E-state index contributed by atoms with van der Waals surface area (Å²) in [6, 6.07) is 27.2. The molecule has 0 aliphatic heterocycles. The molecule has 6 heteroatoms. The Morgan fingerprint density at radius 2 is 1.42 bits per heavy atom. The third kappa shape index (κ3) is 5.94. The van der Waals surface area contributed by atoms with Crippen molar-refractivity contribution in [3.8, 4) is 23.3 Å². The highest BCUT2D eigenvalue weighted by Crippen LogP contribution is 2.21. The molecule has 0 saturated heterocycles. The molecule has 0 unspecified atom stereocenters. The van der Waals surface area contributed by atoms with Gasteiger partial charge in [0.25, 0.3) is 5.91 Å². The van der Waals surface area contributed by atoms with Gasteiger partial charge >= 0.3 is 0 Å². The van der Waals surface area contributed by atoms with Gasteiger partial charge in [0.2, 0.25) is 0 Å². The average molecular weight is 453 g/mol. The van der Waals surface area contributed by atoms with Gasteiger partial charge in [-0.3, -0.25) is 9.78 Å². The molecule has 0 bridgehead atoms. The van der Waals surface area contributed by atoms with Crippen LogP contribution in [0.15, 0.2) is 113 Å². The highest BCUT2D eigenvalue weighted by molar-refractivity contribution is 7.93. The summed E-state index contributed by atoms with van der Waals surface area (Å²) < 4.78 is 22.6. The molecule has 4 rings (SSSR count). The number of carbonyl (C=O) groups is 1. The predicted octanol–water partition coefficient (Wildman–Crippen LogP) is 5.57. The Bertz CT molecular complexity index is 1450. The van der Waals surface area contributed by atoms with Crippen LogP contribution in [-0.2, 0) is 9.73 Å². The summed E-state index contributed by atoms with van der Waals surface area (Å²) in [5.74, 6) is 6.93. The van der Waals surface area contributed by atoms with E-state index in [2.05, 4.69) is 21.2 Å². The monoisotopic (exact) mass is 452 g/mol. The van der Waals surface area contributed by atoms with Gasteiger partial charge in [-0.1, -0.05) is 48.2 Å². The number of nitrogens with zero attached hydrogens (tertiary/aromatic N) is 2. The van der Waals surface area contributed by atoms with Crippen molar-refractivity contribution < 1.29 is 13.7 Å². The Labute approximate surface area is 193 Å². The zero-order chi connectivity index (χ0) is 23.1.